The molecule has 0 heterocycles. The number of rotatable bonds is 78. The number of amides is 5. The van der Waals surface area contributed by atoms with Gasteiger partial charge in [-0.3, -0.25) is 28.9 Å². The van der Waals surface area contributed by atoms with Crippen LogP contribution < -0.4 is 31.9 Å². The summed E-state index contributed by atoms with van der Waals surface area (Å²) < 4.78 is 0. The molecule has 0 aliphatic rings. The van der Waals surface area contributed by atoms with Crippen molar-refractivity contribution in [1.82, 2.24) is 46.6 Å². The largest absolute Gasteiger partial charge is 0.356 e. The van der Waals surface area contributed by atoms with Crippen LogP contribution >= 0.6 is 0 Å². The maximum absolute atomic E-state index is 13.4. The van der Waals surface area contributed by atoms with Gasteiger partial charge in [0.1, 0.15) is 0 Å². The Morgan fingerprint density at radius 1 is 0.181 bits per heavy atom. The van der Waals surface area contributed by atoms with Crippen molar-refractivity contribution in [2.75, 3.05) is 105 Å². The first-order valence-electron chi connectivity index (χ1n) is 41.4. The molecule has 0 radical (unpaired) electrons. The van der Waals surface area contributed by atoms with Crippen LogP contribution in [0.3, 0.4) is 0 Å². The summed E-state index contributed by atoms with van der Waals surface area (Å²) in [6, 6.07) is 0. The predicted octanol–water partition coefficient (Wildman–Crippen LogP) is 18.2. The van der Waals surface area contributed by atoms with Gasteiger partial charge < -0.3 is 41.7 Å². The van der Waals surface area contributed by atoms with E-state index in [1.165, 1.54) is 250 Å². The van der Waals surface area contributed by atoms with Gasteiger partial charge in [-0.25, -0.2) is 0 Å². The lowest BCUT2D eigenvalue weighted by atomic mass is 10.1. The number of nitrogens with zero attached hydrogens (tertiary/aromatic N) is 3. The van der Waals surface area contributed by atoms with Gasteiger partial charge in [-0.05, 0) is 32.1 Å². The number of nitrogens with one attached hydrogen (secondary N) is 6. The summed E-state index contributed by atoms with van der Waals surface area (Å²) in [6.45, 7) is 22.1. The molecule has 0 atom stereocenters. The molecule has 94 heavy (non-hydrogen) atoms. The van der Waals surface area contributed by atoms with E-state index in [0.29, 0.717) is 111 Å². The monoisotopic (exact) mass is 1330 g/mol. The van der Waals surface area contributed by atoms with E-state index >= 15 is 0 Å². The van der Waals surface area contributed by atoms with Gasteiger partial charge in [-0.15, -0.1) is 0 Å². The molecule has 14 nitrogen and oxygen atoms in total. The average Bonchev–Trinajstić information content (AvgIpc) is 3.77. The Balaban J connectivity index is 6.03. The highest BCUT2D eigenvalue weighted by Gasteiger charge is 2.17. The summed E-state index contributed by atoms with van der Waals surface area (Å²) in [5.74, 6) is 0.372. The van der Waals surface area contributed by atoms with E-state index in [0.717, 1.165) is 90.4 Å². The van der Waals surface area contributed by atoms with Crippen molar-refractivity contribution in [3.05, 3.63) is 0 Å². The summed E-state index contributed by atoms with van der Waals surface area (Å²) in [5.41, 5.74) is 0. The Hall–Kier alpha value is -2.81. The van der Waals surface area contributed by atoms with Crippen LogP contribution in [0.2, 0.25) is 0 Å². The van der Waals surface area contributed by atoms with Gasteiger partial charge in [-0.1, -0.05) is 317 Å². The molecule has 5 amide bonds. The zero-order chi connectivity index (χ0) is 68.4. The highest BCUT2D eigenvalue weighted by molar-refractivity contribution is 5.77. The van der Waals surface area contributed by atoms with Gasteiger partial charge in [0, 0.05) is 137 Å². The van der Waals surface area contributed by atoms with Gasteiger partial charge in [0.25, 0.3) is 0 Å². The van der Waals surface area contributed by atoms with Crippen molar-refractivity contribution in [3.8, 4) is 0 Å². The van der Waals surface area contributed by atoms with Crippen molar-refractivity contribution >= 4 is 29.5 Å². The first kappa shape index (κ1) is 91.2. The average molecular weight is 1330 g/mol. The lowest BCUT2D eigenvalue weighted by molar-refractivity contribution is -0.123. The number of unbranched alkanes of at least 4 members (excludes halogenated alkanes) is 44. The molecule has 0 bridgehead atoms. The number of hydrogen-bond donors (Lipinski definition) is 6. The number of carbonyl (C=O) groups is 5. The van der Waals surface area contributed by atoms with Crippen molar-refractivity contribution in [2.24, 2.45) is 0 Å². The zero-order valence-corrected chi connectivity index (χ0v) is 63.4. The second kappa shape index (κ2) is 76.0. The van der Waals surface area contributed by atoms with Crippen LogP contribution in [0.25, 0.3) is 0 Å². The van der Waals surface area contributed by atoms with Crippen molar-refractivity contribution in [3.63, 3.8) is 0 Å². The van der Waals surface area contributed by atoms with Crippen LogP contribution in [-0.2, 0) is 24.0 Å². The minimum Gasteiger partial charge on any atom is -0.356 e. The molecule has 556 valence electrons. The van der Waals surface area contributed by atoms with Crippen LogP contribution in [0.1, 0.15) is 381 Å². The third kappa shape index (κ3) is 70.5. The highest BCUT2D eigenvalue weighted by atomic mass is 16.2. The summed E-state index contributed by atoms with van der Waals surface area (Å²) in [5, 5.41) is 19.6. The van der Waals surface area contributed by atoms with Crippen molar-refractivity contribution in [1.29, 1.82) is 0 Å². The molecule has 0 unspecified atom stereocenters. The molecule has 0 aromatic rings. The summed E-state index contributed by atoms with van der Waals surface area (Å²) in [4.78, 5) is 73.5. The molecule has 0 aliphatic carbocycles. The third-order valence-electron chi connectivity index (χ3n) is 19.2. The highest BCUT2D eigenvalue weighted by Crippen LogP contribution is 2.15. The minimum absolute atomic E-state index is 0.0688. The molecule has 0 spiro atoms. The molecule has 14 heteroatoms. The number of hydrogen-bond acceptors (Lipinski definition) is 9. The van der Waals surface area contributed by atoms with E-state index in [2.05, 4.69) is 81.2 Å². The minimum atomic E-state index is 0.0688. The fraction of sp³-hybridized carbons (Fsp3) is 0.938. The lowest BCUT2D eigenvalue weighted by Gasteiger charge is -2.30. The molecular formula is C80H161N9O5. The van der Waals surface area contributed by atoms with E-state index in [1.807, 2.05) is 0 Å². The second-order valence-corrected chi connectivity index (χ2v) is 28.3. The molecule has 0 saturated carbocycles. The summed E-state index contributed by atoms with van der Waals surface area (Å²) in [6.07, 6.45) is 63.8. The van der Waals surface area contributed by atoms with E-state index in [-0.39, 0.29) is 29.5 Å². The first-order chi connectivity index (χ1) is 46.2. The Morgan fingerprint density at radius 3 is 0.553 bits per heavy atom. The molecular weight excluding hydrogens is 1170 g/mol. The van der Waals surface area contributed by atoms with Crippen LogP contribution in [-0.4, -0.2) is 149 Å². The Morgan fingerprint density at radius 2 is 0.351 bits per heavy atom. The standard InChI is InChI=1S/C80H161N9O5/c1-6-11-16-21-26-31-36-41-45-50-60-82-76(90)55-65-81-66-71-89(74-72-87(67-56-77(91)83-61-51-46-40-35-30-25-20-15-10-5)68-57-78(92)84-62-52-47-42-37-32-27-22-17-12-7-2)75-73-88(69-58-79(93)85-63-53-48-43-38-33-28-23-18-13-8-3)70-59-80(94)86-64-54-49-44-39-34-29-24-19-14-9-4/h81H,6-75H2,1-5H3,(H,82,90)(H,83,91)(H,84,92)(H,85,93)(H,86,94). The van der Waals surface area contributed by atoms with Crippen molar-refractivity contribution in [2.45, 2.75) is 381 Å². The van der Waals surface area contributed by atoms with Crippen molar-refractivity contribution < 1.29 is 24.0 Å². The normalized spacial score (nSPS) is 11.6. The maximum Gasteiger partial charge on any atom is 0.221 e. The Bertz CT molecular complexity index is 1580. The SMILES string of the molecule is CCCCCCCCCCCCNC(=O)CCNCCN(CCN(CCC(=O)NCCCCCCCCCCC)CCC(=O)NCCCCCCCCCCCC)CCN(CCC(=O)NCCCCCCCCCCCC)CCC(=O)NCCCCCCCCCCCC. The molecule has 0 rings (SSSR count). The van der Waals surface area contributed by atoms with Gasteiger partial charge in [0.2, 0.25) is 29.5 Å². The fourth-order valence-corrected chi connectivity index (χ4v) is 12.6. The van der Waals surface area contributed by atoms with Gasteiger partial charge in [0.15, 0.2) is 0 Å². The molecule has 0 fully saturated rings. The summed E-state index contributed by atoms with van der Waals surface area (Å²) >= 11 is 0. The quantitative estimate of drug-likeness (QED) is 0.0325. The Labute approximate surface area is 583 Å². The third-order valence-corrected chi connectivity index (χ3v) is 19.2. The second-order valence-electron chi connectivity index (χ2n) is 28.3. The van der Waals surface area contributed by atoms with Gasteiger partial charge >= 0.3 is 0 Å². The fourth-order valence-electron chi connectivity index (χ4n) is 12.6. The zero-order valence-electron chi connectivity index (χ0n) is 63.4. The molecule has 0 aromatic carbocycles. The first-order valence-corrected chi connectivity index (χ1v) is 41.4. The molecule has 0 aliphatic heterocycles. The van der Waals surface area contributed by atoms with E-state index in [9.17, 15) is 24.0 Å². The molecule has 6 N–H and O–H groups in total. The lowest BCUT2D eigenvalue weighted by Crippen LogP contribution is -2.44. The van der Waals surface area contributed by atoms with Gasteiger partial charge in [-0.2, -0.15) is 0 Å². The van der Waals surface area contributed by atoms with Crippen LogP contribution in [0.5, 0.6) is 0 Å². The van der Waals surface area contributed by atoms with Crippen LogP contribution in [0.4, 0.5) is 0 Å². The Kier molecular flexibility index (Phi) is 73.7. The molecule has 0 aromatic heterocycles. The topological polar surface area (TPSA) is 167 Å². The maximum atomic E-state index is 13.4. The number of carbonyl (C=O) groups excluding carboxylic acids is 5. The van der Waals surface area contributed by atoms with Crippen LogP contribution in [0, 0.1) is 0 Å². The predicted molar refractivity (Wildman–Crippen MR) is 405 cm³/mol. The van der Waals surface area contributed by atoms with E-state index in [1.54, 1.807) is 0 Å². The molecule has 0 saturated heterocycles. The summed E-state index contributed by atoms with van der Waals surface area (Å²) in [7, 11) is 0. The van der Waals surface area contributed by atoms with Gasteiger partial charge in [0.05, 0.1) is 0 Å². The smallest absolute Gasteiger partial charge is 0.221 e. The van der Waals surface area contributed by atoms with Crippen LogP contribution in [0.15, 0.2) is 0 Å². The van der Waals surface area contributed by atoms with E-state index in [4.69, 9.17) is 0 Å². The van der Waals surface area contributed by atoms with E-state index < -0.39 is 0 Å².